The molecule has 3 rings (SSSR count). The van der Waals surface area contributed by atoms with Gasteiger partial charge in [0.1, 0.15) is 11.6 Å². The number of carbonyl (C=O) groups is 1. The lowest BCUT2D eigenvalue weighted by Crippen LogP contribution is -2.45. The Bertz CT molecular complexity index is 861. The number of hydrogen-bond acceptors (Lipinski definition) is 6. The maximum Gasteiger partial charge on any atom is 0.263 e. The second kappa shape index (κ2) is 8.26. The fraction of sp³-hybridized carbons (Fsp3) is 0.333. The van der Waals surface area contributed by atoms with Gasteiger partial charge in [0.25, 0.3) is 10.0 Å². The molecule has 1 aromatic heterocycles. The molecule has 0 radical (unpaired) electrons. The molecular weight excluding hydrogens is 368 g/mol. The standard InChI is InChI=1S/C18H22N4O4S/c1-2-26-16-4-6-17(7-5-16)27(24,25)20-18-8-3-15(13-19-18)22-11-9-21(14-23)10-12-22/h3-8,13-14H,2,9-12H2,1H3,(H,19,20). The zero-order valence-corrected chi connectivity index (χ0v) is 15.9. The smallest absolute Gasteiger partial charge is 0.263 e. The lowest BCUT2D eigenvalue weighted by Gasteiger charge is -2.33. The third kappa shape index (κ3) is 4.68. The molecule has 8 nitrogen and oxygen atoms in total. The number of aromatic nitrogens is 1. The maximum absolute atomic E-state index is 12.5. The van der Waals surface area contributed by atoms with E-state index in [1.54, 1.807) is 29.3 Å². The molecule has 1 aliphatic heterocycles. The van der Waals surface area contributed by atoms with Crippen molar-refractivity contribution in [2.24, 2.45) is 0 Å². The minimum atomic E-state index is -3.72. The van der Waals surface area contributed by atoms with E-state index < -0.39 is 10.0 Å². The highest BCUT2D eigenvalue weighted by Gasteiger charge is 2.18. The highest BCUT2D eigenvalue weighted by atomic mass is 32.2. The van der Waals surface area contributed by atoms with Crippen molar-refractivity contribution < 1.29 is 17.9 Å². The summed E-state index contributed by atoms with van der Waals surface area (Å²) in [4.78, 5) is 19.0. The number of carbonyl (C=O) groups excluding carboxylic acids is 1. The first-order chi connectivity index (χ1) is 13.0. The van der Waals surface area contributed by atoms with Gasteiger partial charge in [0.15, 0.2) is 0 Å². The minimum Gasteiger partial charge on any atom is -0.494 e. The van der Waals surface area contributed by atoms with Crippen LogP contribution in [0, 0.1) is 0 Å². The number of sulfonamides is 1. The van der Waals surface area contributed by atoms with Crippen molar-refractivity contribution in [2.75, 3.05) is 42.4 Å². The van der Waals surface area contributed by atoms with Crippen LogP contribution in [0.2, 0.25) is 0 Å². The number of rotatable bonds is 7. The molecule has 0 atom stereocenters. The van der Waals surface area contributed by atoms with E-state index in [1.807, 2.05) is 13.0 Å². The van der Waals surface area contributed by atoms with E-state index in [1.165, 1.54) is 12.1 Å². The highest BCUT2D eigenvalue weighted by Crippen LogP contribution is 2.21. The van der Waals surface area contributed by atoms with Crippen LogP contribution in [0.1, 0.15) is 6.92 Å². The van der Waals surface area contributed by atoms with Crippen LogP contribution >= 0.6 is 0 Å². The molecule has 1 N–H and O–H groups in total. The van der Waals surface area contributed by atoms with Gasteiger partial charge in [-0.2, -0.15) is 0 Å². The van der Waals surface area contributed by atoms with Crippen molar-refractivity contribution in [2.45, 2.75) is 11.8 Å². The van der Waals surface area contributed by atoms with Crippen LogP contribution in [0.4, 0.5) is 11.5 Å². The Kier molecular flexibility index (Phi) is 5.80. The number of anilines is 2. The van der Waals surface area contributed by atoms with Crippen LogP contribution in [-0.2, 0) is 14.8 Å². The number of pyridine rings is 1. The molecular formula is C18H22N4O4S. The van der Waals surface area contributed by atoms with Gasteiger partial charge in [-0.25, -0.2) is 13.4 Å². The van der Waals surface area contributed by atoms with E-state index >= 15 is 0 Å². The van der Waals surface area contributed by atoms with Crippen molar-refractivity contribution in [1.82, 2.24) is 9.88 Å². The van der Waals surface area contributed by atoms with Gasteiger partial charge in [0, 0.05) is 26.2 Å². The van der Waals surface area contributed by atoms with Crippen molar-refractivity contribution in [1.29, 1.82) is 0 Å². The second-order valence-electron chi connectivity index (χ2n) is 6.04. The molecule has 27 heavy (non-hydrogen) atoms. The van der Waals surface area contributed by atoms with Gasteiger partial charge in [-0.05, 0) is 43.3 Å². The molecule has 0 spiro atoms. The number of amides is 1. The minimum absolute atomic E-state index is 0.141. The predicted octanol–water partition coefficient (Wildman–Crippen LogP) is 1.56. The lowest BCUT2D eigenvalue weighted by molar-refractivity contribution is -0.118. The van der Waals surface area contributed by atoms with E-state index in [9.17, 15) is 13.2 Å². The van der Waals surface area contributed by atoms with E-state index in [0.29, 0.717) is 25.4 Å². The highest BCUT2D eigenvalue weighted by molar-refractivity contribution is 7.92. The van der Waals surface area contributed by atoms with Crippen LogP contribution in [-0.4, -0.2) is 57.5 Å². The number of nitrogens with zero attached hydrogens (tertiary/aromatic N) is 3. The summed E-state index contributed by atoms with van der Waals surface area (Å²) in [6.45, 7) is 5.15. The predicted molar refractivity (Wildman–Crippen MR) is 103 cm³/mol. The van der Waals surface area contributed by atoms with Crippen molar-refractivity contribution in [3.05, 3.63) is 42.6 Å². The molecule has 144 valence electrons. The van der Waals surface area contributed by atoms with Crippen LogP contribution in [0.15, 0.2) is 47.5 Å². The van der Waals surface area contributed by atoms with Gasteiger partial charge in [0.05, 0.1) is 23.4 Å². The summed E-state index contributed by atoms with van der Waals surface area (Å²) in [5, 5.41) is 0. The number of benzene rings is 1. The molecule has 9 heteroatoms. The normalized spacial score (nSPS) is 14.7. The van der Waals surface area contributed by atoms with Crippen LogP contribution in [0.3, 0.4) is 0 Å². The maximum atomic E-state index is 12.5. The number of ether oxygens (including phenoxy) is 1. The summed E-state index contributed by atoms with van der Waals surface area (Å²) in [7, 11) is -3.72. The molecule has 1 aliphatic rings. The first-order valence-corrected chi connectivity index (χ1v) is 10.2. The van der Waals surface area contributed by atoms with E-state index in [-0.39, 0.29) is 10.7 Å². The summed E-state index contributed by atoms with van der Waals surface area (Å²) >= 11 is 0. The topological polar surface area (TPSA) is 91.8 Å². The average Bonchev–Trinajstić information content (AvgIpc) is 2.69. The molecule has 0 saturated carbocycles. The molecule has 2 heterocycles. The Morgan fingerprint density at radius 3 is 2.37 bits per heavy atom. The molecule has 1 aromatic carbocycles. The van der Waals surface area contributed by atoms with Crippen molar-refractivity contribution >= 4 is 27.9 Å². The zero-order valence-electron chi connectivity index (χ0n) is 15.0. The van der Waals surface area contributed by atoms with Crippen LogP contribution in [0.25, 0.3) is 0 Å². The van der Waals surface area contributed by atoms with Gasteiger partial charge >= 0.3 is 0 Å². The Morgan fingerprint density at radius 1 is 1.11 bits per heavy atom. The molecule has 1 saturated heterocycles. The van der Waals surface area contributed by atoms with E-state index in [4.69, 9.17) is 4.74 Å². The fourth-order valence-corrected chi connectivity index (χ4v) is 3.81. The Balaban J connectivity index is 1.65. The fourth-order valence-electron chi connectivity index (χ4n) is 2.80. The zero-order chi connectivity index (χ0) is 19.3. The second-order valence-corrected chi connectivity index (χ2v) is 7.72. The first-order valence-electron chi connectivity index (χ1n) is 8.68. The number of hydrogen-bond donors (Lipinski definition) is 1. The van der Waals surface area contributed by atoms with Gasteiger partial charge < -0.3 is 14.5 Å². The summed E-state index contributed by atoms with van der Waals surface area (Å²) < 4.78 is 32.8. The quantitative estimate of drug-likeness (QED) is 0.722. The lowest BCUT2D eigenvalue weighted by atomic mass is 10.3. The molecule has 0 unspecified atom stereocenters. The van der Waals surface area contributed by atoms with E-state index in [0.717, 1.165) is 25.2 Å². The summed E-state index contributed by atoms with van der Waals surface area (Å²) in [5.41, 5.74) is 0.893. The van der Waals surface area contributed by atoms with Crippen molar-refractivity contribution in [3.8, 4) is 5.75 Å². The SMILES string of the molecule is CCOc1ccc(S(=O)(=O)Nc2ccc(N3CCN(C=O)CC3)cn2)cc1. The third-order valence-corrected chi connectivity index (χ3v) is 5.63. The van der Waals surface area contributed by atoms with Gasteiger partial charge in [-0.3, -0.25) is 9.52 Å². The molecule has 0 bridgehead atoms. The Morgan fingerprint density at radius 2 is 1.81 bits per heavy atom. The number of piperazine rings is 1. The third-order valence-electron chi connectivity index (χ3n) is 4.26. The van der Waals surface area contributed by atoms with Crippen LogP contribution < -0.4 is 14.4 Å². The molecule has 1 fully saturated rings. The monoisotopic (exact) mass is 390 g/mol. The Hall–Kier alpha value is -2.81. The molecule has 2 aromatic rings. The number of nitrogens with one attached hydrogen (secondary N) is 1. The van der Waals surface area contributed by atoms with Gasteiger partial charge in [-0.15, -0.1) is 0 Å². The summed E-state index contributed by atoms with van der Waals surface area (Å²) in [5.74, 6) is 0.868. The largest absolute Gasteiger partial charge is 0.494 e. The first kappa shape index (κ1) is 19.0. The summed E-state index contributed by atoms with van der Waals surface area (Å²) in [6.07, 6.45) is 2.49. The van der Waals surface area contributed by atoms with Gasteiger partial charge in [0.2, 0.25) is 6.41 Å². The van der Waals surface area contributed by atoms with E-state index in [2.05, 4.69) is 14.6 Å². The average molecular weight is 390 g/mol. The van der Waals surface area contributed by atoms with Crippen LogP contribution in [0.5, 0.6) is 5.75 Å². The molecule has 0 aliphatic carbocycles. The van der Waals surface area contributed by atoms with Gasteiger partial charge in [-0.1, -0.05) is 0 Å². The van der Waals surface area contributed by atoms with Crippen molar-refractivity contribution in [3.63, 3.8) is 0 Å². The summed E-state index contributed by atoms with van der Waals surface area (Å²) in [6, 6.07) is 9.68. The Labute approximate surface area is 158 Å². The molecule has 1 amide bonds.